The number of alkyl halides is 1. The molecule has 6 nitrogen and oxygen atoms in total. The smallest absolute Gasteiger partial charge is 0.324 e. The predicted molar refractivity (Wildman–Crippen MR) is 115 cm³/mol. The zero-order valence-corrected chi connectivity index (χ0v) is 19.2. The zero-order chi connectivity index (χ0) is 21.5. The quantitative estimate of drug-likeness (QED) is 0.505. The maximum Gasteiger partial charge on any atom is 0.324 e. The number of fused-ring (bicyclic) bond motifs is 1. The molecule has 1 unspecified atom stereocenters. The van der Waals surface area contributed by atoms with Crippen molar-refractivity contribution in [3.05, 3.63) is 66.0 Å². The molecule has 1 atom stereocenters. The third-order valence-corrected chi connectivity index (χ3v) is 6.61. The lowest BCUT2D eigenvalue weighted by atomic mass is 9.94. The molecule has 1 aromatic heterocycles. The van der Waals surface area contributed by atoms with E-state index in [9.17, 15) is 14.4 Å². The molecule has 2 aromatic rings. The van der Waals surface area contributed by atoms with Gasteiger partial charge in [0.15, 0.2) is 0 Å². The number of nitrogens with one attached hydrogen (secondary N) is 1. The van der Waals surface area contributed by atoms with Gasteiger partial charge in [-0.2, -0.15) is 0 Å². The fraction of sp³-hybridized carbons (Fsp3) is 0.350. The molecule has 0 saturated carbocycles. The number of methoxy groups -OCH3 is 1. The Labute approximate surface area is 186 Å². The molecule has 9 heteroatoms. The molecule has 154 valence electrons. The Morgan fingerprint density at radius 3 is 2.62 bits per heavy atom. The van der Waals surface area contributed by atoms with E-state index in [0.717, 1.165) is 11.3 Å². The van der Waals surface area contributed by atoms with Crippen LogP contribution in [-0.4, -0.2) is 35.4 Å². The van der Waals surface area contributed by atoms with Crippen LogP contribution in [0.1, 0.15) is 43.1 Å². The summed E-state index contributed by atoms with van der Waals surface area (Å²) in [4.78, 5) is 41.0. The summed E-state index contributed by atoms with van der Waals surface area (Å²) in [6.07, 6.45) is 0.494. The van der Waals surface area contributed by atoms with Crippen LogP contribution in [0, 0.1) is 13.8 Å². The number of nitrogens with zero attached hydrogens (tertiary/aromatic N) is 1. The normalized spacial score (nSPS) is 14.6. The highest BCUT2D eigenvalue weighted by molar-refractivity contribution is 9.09. The number of pyridine rings is 1. The van der Waals surface area contributed by atoms with Gasteiger partial charge in [0.2, 0.25) is 0 Å². The standard InChI is InChI=1S/C20H19BrCl2N2O4/c1-9-6-10(2)24-18(26)13(9)8-25-5-4-11-14(22)7-12(16(21)20(28)29-3)17(23)15(11)19(25)27/h6-7,16H,4-5,8H2,1-3H3,(H,24,26). The largest absolute Gasteiger partial charge is 0.468 e. The number of hydrogen-bond acceptors (Lipinski definition) is 4. The summed E-state index contributed by atoms with van der Waals surface area (Å²) < 4.78 is 4.75. The molecular weight excluding hydrogens is 483 g/mol. The van der Waals surface area contributed by atoms with Gasteiger partial charge < -0.3 is 14.6 Å². The van der Waals surface area contributed by atoms with Crippen LogP contribution in [0.2, 0.25) is 10.0 Å². The Hall–Kier alpha value is -1.83. The van der Waals surface area contributed by atoms with Crippen molar-refractivity contribution in [3.63, 3.8) is 0 Å². The second-order valence-corrected chi connectivity index (χ2v) is 8.62. The highest BCUT2D eigenvalue weighted by Gasteiger charge is 2.33. The van der Waals surface area contributed by atoms with Gasteiger partial charge in [-0.15, -0.1) is 0 Å². The van der Waals surface area contributed by atoms with E-state index in [2.05, 4.69) is 20.9 Å². The maximum atomic E-state index is 13.2. The van der Waals surface area contributed by atoms with Crippen molar-refractivity contribution in [1.82, 2.24) is 9.88 Å². The highest BCUT2D eigenvalue weighted by atomic mass is 79.9. The summed E-state index contributed by atoms with van der Waals surface area (Å²) in [6.45, 7) is 4.21. The Balaban J connectivity index is 2.02. The average Bonchev–Trinajstić information content (AvgIpc) is 2.67. The molecule has 1 aliphatic rings. The molecule has 0 fully saturated rings. The summed E-state index contributed by atoms with van der Waals surface area (Å²) in [5.41, 5.74) is 3.15. The van der Waals surface area contributed by atoms with Crippen molar-refractivity contribution in [1.29, 1.82) is 0 Å². The van der Waals surface area contributed by atoms with E-state index in [0.29, 0.717) is 34.7 Å². The van der Waals surface area contributed by atoms with Gasteiger partial charge in [0.25, 0.3) is 11.5 Å². The van der Waals surface area contributed by atoms with E-state index < -0.39 is 10.8 Å². The van der Waals surface area contributed by atoms with E-state index in [4.69, 9.17) is 27.9 Å². The summed E-state index contributed by atoms with van der Waals surface area (Å²) in [5, 5.41) is 0.519. The molecule has 1 aromatic carbocycles. The number of benzene rings is 1. The third-order valence-electron chi connectivity index (χ3n) is 5.00. The Kier molecular flexibility index (Phi) is 6.41. The van der Waals surface area contributed by atoms with Crippen LogP contribution in [-0.2, 0) is 22.5 Å². The van der Waals surface area contributed by atoms with Gasteiger partial charge in [-0.25, -0.2) is 0 Å². The van der Waals surface area contributed by atoms with Crippen LogP contribution in [0.3, 0.4) is 0 Å². The monoisotopic (exact) mass is 500 g/mol. The van der Waals surface area contributed by atoms with Crippen LogP contribution >= 0.6 is 39.1 Å². The molecule has 0 saturated heterocycles. The Bertz CT molecular complexity index is 1070. The first kappa shape index (κ1) is 21.9. The number of aryl methyl sites for hydroxylation is 2. The van der Waals surface area contributed by atoms with E-state index in [1.165, 1.54) is 7.11 Å². The van der Waals surface area contributed by atoms with Gasteiger partial charge >= 0.3 is 5.97 Å². The lowest BCUT2D eigenvalue weighted by Crippen LogP contribution is -2.39. The second-order valence-electron chi connectivity index (χ2n) is 6.92. The van der Waals surface area contributed by atoms with Crippen LogP contribution in [0.4, 0.5) is 0 Å². The van der Waals surface area contributed by atoms with Gasteiger partial charge in [-0.1, -0.05) is 39.1 Å². The van der Waals surface area contributed by atoms with Gasteiger partial charge in [-0.3, -0.25) is 14.4 Å². The lowest BCUT2D eigenvalue weighted by Gasteiger charge is -2.31. The number of esters is 1. The number of aromatic amines is 1. The summed E-state index contributed by atoms with van der Waals surface area (Å²) >= 11 is 16.2. The predicted octanol–water partition coefficient (Wildman–Crippen LogP) is 4.11. The summed E-state index contributed by atoms with van der Waals surface area (Å²) in [5.74, 6) is -0.881. The van der Waals surface area contributed by atoms with E-state index >= 15 is 0 Å². The fourth-order valence-corrected chi connectivity index (χ4v) is 4.84. The van der Waals surface area contributed by atoms with Crippen molar-refractivity contribution in [2.24, 2.45) is 0 Å². The number of halogens is 3. The first-order chi connectivity index (χ1) is 13.6. The number of H-pyrrole nitrogens is 1. The topological polar surface area (TPSA) is 79.5 Å². The molecule has 0 radical (unpaired) electrons. The second kappa shape index (κ2) is 8.50. The van der Waals surface area contributed by atoms with Gasteiger partial charge in [-0.05, 0) is 49.1 Å². The molecule has 1 amide bonds. The first-order valence-corrected chi connectivity index (χ1v) is 10.5. The number of hydrogen-bond donors (Lipinski definition) is 1. The van der Waals surface area contributed by atoms with Crippen molar-refractivity contribution in [2.75, 3.05) is 13.7 Å². The summed E-state index contributed by atoms with van der Waals surface area (Å²) in [6, 6.07) is 3.45. The maximum absolute atomic E-state index is 13.2. The van der Waals surface area contributed by atoms with Gasteiger partial charge in [0, 0.05) is 22.8 Å². The minimum Gasteiger partial charge on any atom is -0.468 e. The molecule has 0 bridgehead atoms. The average molecular weight is 502 g/mol. The van der Waals surface area contributed by atoms with Crippen molar-refractivity contribution in [2.45, 2.75) is 31.6 Å². The number of amides is 1. The Morgan fingerprint density at radius 2 is 2.00 bits per heavy atom. The van der Waals surface area contributed by atoms with Crippen LogP contribution in [0.25, 0.3) is 0 Å². The number of ether oxygens (including phenoxy) is 1. The SMILES string of the molecule is COC(=O)C(Br)c1cc(Cl)c2c(c1Cl)C(=O)N(Cc1c(C)cc(C)[nH]c1=O)CC2. The van der Waals surface area contributed by atoms with Crippen molar-refractivity contribution < 1.29 is 14.3 Å². The molecule has 0 aliphatic carbocycles. The van der Waals surface area contributed by atoms with Crippen LogP contribution < -0.4 is 5.56 Å². The van der Waals surface area contributed by atoms with E-state index in [1.807, 2.05) is 19.9 Å². The molecule has 2 heterocycles. The lowest BCUT2D eigenvalue weighted by molar-refractivity contribution is -0.139. The molecule has 1 aliphatic heterocycles. The van der Waals surface area contributed by atoms with Gasteiger partial charge in [0.1, 0.15) is 4.83 Å². The molecular formula is C20H19BrCl2N2O4. The number of rotatable bonds is 4. The van der Waals surface area contributed by atoms with E-state index in [1.54, 1.807) is 11.0 Å². The van der Waals surface area contributed by atoms with Gasteiger partial charge in [0.05, 0.1) is 24.2 Å². The molecule has 29 heavy (non-hydrogen) atoms. The highest BCUT2D eigenvalue weighted by Crippen LogP contribution is 2.40. The minimum absolute atomic E-state index is 0.154. The number of aromatic nitrogens is 1. The van der Waals surface area contributed by atoms with Crippen LogP contribution in [0.15, 0.2) is 16.9 Å². The Morgan fingerprint density at radius 1 is 1.31 bits per heavy atom. The number of carbonyl (C=O) groups is 2. The minimum atomic E-state index is -0.854. The first-order valence-electron chi connectivity index (χ1n) is 8.87. The van der Waals surface area contributed by atoms with Crippen molar-refractivity contribution >= 4 is 51.0 Å². The third kappa shape index (κ3) is 4.09. The summed E-state index contributed by atoms with van der Waals surface area (Å²) in [7, 11) is 1.26. The van der Waals surface area contributed by atoms with Crippen LogP contribution in [0.5, 0.6) is 0 Å². The van der Waals surface area contributed by atoms with E-state index in [-0.39, 0.29) is 28.6 Å². The number of carbonyl (C=O) groups excluding carboxylic acids is 2. The molecule has 3 rings (SSSR count). The van der Waals surface area contributed by atoms with Crippen molar-refractivity contribution in [3.8, 4) is 0 Å². The molecule has 0 spiro atoms. The zero-order valence-electron chi connectivity index (χ0n) is 16.1. The fourth-order valence-electron chi connectivity index (χ4n) is 3.49. The molecule has 1 N–H and O–H groups in total.